The van der Waals surface area contributed by atoms with Gasteiger partial charge >= 0.3 is 0 Å². The molecule has 0 saturated carbocycles. The summed E-state index contributed by atoms with van der Waals surface area (Å²) in [6, 6.07) is 11.2. The van der Waals surface area contributed by atoms with Crippen LogP contribution in [0.5, 0.6) is 5.75 Å². The highest BCUT2D eigenvalue weighted by Crippen LogP contribution is 2.22. The fourth-order valence-corrected chi connectivity index (χ4v) is 3.86. The van der Waals surface area contributed by atoms with Crippen molar-refractivity contribution in [2.45, 2.75) is 25.8 Å². The Morgan fingerprint density at radius 2 is 1.88 bits per heavy atom. The first kappa shape index (κ1) is 20.4. The normalized spacial score (nSPS) is 12.6. The Bertz CT molecular complexity index is 829. The van der Waals surface area contributed by atoms with Crippen molar-refractivity contribution < 1.29 is 17.9 Å². The predicted molar refractivity (Wildman–Crippen MR) is 104 cm³/mol. The predicted octanol–water partition coefficient (Wildman–Crippen LogP) is 2.73. The monoisotopic (exact) mass is 396 g/mol. The second kappa shape index (κ2) is 9.16. The summed E-state index contributed by atoms with van der Waals surface area (Å²) in [5.41, 5.74) is 1.02. The van der Waals surface area contributed by atoms with Crippen molar-refractivity contribution in [3.8, 4) is 5.75 Å². The summed E-state index contributed by atoms with van der Waals surface area (Å²) in [4.78, 5) is 14.1. The Kier molecular flexibility index (Phi) is 7.19. The topological polar surface area (TPSA) is 84.5 Å². The number of benzene rings is 1. The highest BCUT2D eigenvalue weighted by atomic mass is 32.2. The van der Waals surface area contributed by atoms with Gasteiger partial charge in [-0.2, -0.15) is 0 Å². The molecule has 2 rings (SSSR count). The second-order valence-electron chi connectivity index (χ2n) is 5.89. The standard InChI is InChI=1S/C18H24N2O4S2/c1-4-16(13-5-7-14(24-2)8-6-13)20-18(21)17-10-9-15(25-17)11-12-19-26(3,22)23/h5-10,16,19H,4,11-12H2,1-3H3,(H,20,21). The lowest BCUT2D eigenvalue weighted by Gasteiger charge is -2.17. The van der Waals surface area contributed by atoms with E-state index in [-0.39, 0.29) is 11.9 Å². The van der Waals surface area contributed by atoms with E-state index >= 15 is 0 Å². The van der Waals surface area contributed by atoms with Gasteiger partial charge in [-0.25, -0.2) is 13.1 Å². The number of sulfonamides is 1. The lowest BCUT2D eigenvalue weighted by atomic mass is 10.0. The van der Waals surface area contributed by atoms with E-state index in [0.29, 0.717) is 17.8 Å². The van der Waals surface area contributed by atoms with Crippen LogP contribution in [0.1, 0.15) is 39.5 Å². The molecule has 1 aromatic carbocycles. The fourth-order valence-electron chi connectivity index (χ4n) is 2.48. The number of hydrogen-bond acceptors (Lipinski definition) is 5. The number of methoxy groups -OCH3 is 1. The molecule has 1 amide bonds. The zero-order chi connectivity index (χ0) is 19.2. The lowest BCUT2D eigenvalue weighted by molar-refractivity contribution is 0.0939. The smallest absolute Gasteiger partial charge is 0.261 e. The van der Waals surface area contributed by atoms with Gasteiger partial charge in [0.15, 0.2) is 0 Å². The molecule has 0 saturated heterocycles. The largest absolute Gasteiger partial charge is 0.497 e. The van der Waals surface area contributed by atoms with Gasteiger partial charge in [0.2, 0.25) is 10.0 Å². The van der Waals surface area contributed by atoms with Crippen LogP contribution in [0.15, 0.2) is 36.4 Å². The van der Waals surface area contributed by atoms with Gasteiger partial charge in [0, 0.05) is 11.4 Å². The third-order valence-electron chi connectivity index (χ3n) is 3.85. The summed E-state index contributed by atoms with van der Waals surface area (Å²) in [5, 5.41) is 3.05. The molecule has 0 aliphatic carbocycles. The molecule has 2 aromatic rings. The first-order valence-electron chi connectivity index (χ1n) is 8.30. The van der Waals surface area contributed by atoms with E-state index in [1.54, 1.807) is 13.2 Å². The summed E-state index contributed by atoms with van der Waals surface area (Å²) in [7, 11) is -1.57. The summed E-state index contributed by atoms with van der Waals surface area (Å²) < 4.78 is 29.8. The van der Waals surface area contributed by atoms with Gasteiger partial charge in [-0.1, -0.05) is 19.1 Å². The Morgan fingerprint density at radius 1 is 1.19 bits per heavy atom. The number of thiophene rings is 1. The maximum Gasteiger partial charge on any atom is 0.261 e. The van der Waals surface area contributed by atoms with Gasteiger partial charge in [-0.3, -0.25) is 4.79 Å². The molecule has 142 valence electrons. The van der Waals surface area contributed by atoms with Crippen molar-refractivity contribution in [2.24, 2.45) is 0 Å². The van der Waals surface area contributed by atoms with Crippen LogP contribution in [0.3, 0.4) is 0 Å². The molecule has 0 fully saturated rings. The highest BCUT2D eigenvalue weighted by Gasteiger charge is 2.16. The van der Waals surface area contributed by atoms with Gasteiger partial charge in [0.05, 0.1) is 24.3 Å². The molecule has 0 aliphatic heterocycles. The van der Waals surface area contributed by atoms with Crippen molar-refractivity contribution in [3.63, 3.8) is 0 Å². The maximum absolute atomic E-state index is 12.5. The molecule has 26 heavy (non-hydrogen) atoms. The number of ether oxygens (including phenoxy) is 1. The first-order chi connectivity index (χ1) is 12.3. The van der Waals surface area contributed by atoms with E-state index < -0.39 is 10.0 Å². The number of carbonyl (C=O) groups is 1. The Labute approximate surface area is 158 Å². The number of hydrogen-bond donors (Lipinski definition) is 2. The van der Waals surface area contributed by atoms with Gasteiger partial charge in [-0.15, -0.1) is 11.3 Å². The molecule has 1 aromatic heterocycles. The van der Waals surface area contributed by atoms with Crippen LogP contribution in [-0.4, -0.2) is 34.2 Å². The van der Waals surface area contributed by atoms with Crippen LogP contribution in [-0.2, 0) is 16.4 Å². The maximum atomic E-state index is 12.5. The van der Waals surface area contributed by atoms with E-state index in [0.717, 1.165) is 28.9 Å². The minimum atomic E-state index is -3.19. The van der Waals surface area contributed by atoms with E-state index in [2.05, 4.69) is 10.0 Å². The van der Waals surface area contributed by atoms with Crippen LogP contribution in [0, 0.1) is 0 Å². The molecule has 0 spiro atoms. The summed E-state index contributed by atoms with van der Waals surface area (Å²) >= 11 is 1.38. The minimum Gasteiger partial charge on any atom is -0.497 e. The molecule has 1 unspecified atom stereocenters. The van der Waals surface area contributed by atoms with Crippen LogP contribution < -0.4 is 14.8 Å². The van der Waals surface area contributed by atoms with Crippen molar-refractivity contribution in [1.82, 2.24) is 10.0 Å². The summed E-state index contributed by atoms with van der Waals surface area (Å²) in [6.07, 6.45) is 2.46. The molecule has 1 heterocycles. The van der Waals surface area contributed by atoms with Gasteiger partial charge < -0.3 is 10.1 Å². The third-order valence-corrected chi connectivity index (χ3v) is 5.73. The Morgan fingerprint density at radius 3 is 2.46 bits per heavy atom. The van der Waals surface area contributed by atoms with E-state index in [9.17, 15) is 13.2 Å². The summed E-state index contributed by atoms with van der Waals surface area (Å²) in [6.45, 7) is 2.34. The van der Waals surface area contributed by atoms with Crippen LogP contribution in [0.25, 0.3) is 0 Å². The van der Waals surface area contributed by atoms with E-state index in [4.69, 9.17) is 4.74 Å². The fraction of sp³-hybridized carbons (Fsp3) is 0.389. The van der Waals surface area contributed by atoms with Crippen molar-refractivity contribution in [1.29, 1.82) is 0 Å². The first-order valence-corrected chi connectivity index (χ1v) is 11.0. The zero-order valence-electron chi connectivity index (χ0n) is 15.1. The van der Waals surface area contributed by atoms with E-state index in [1.165, 1.54) is 11.3 Å². The van der Waals surface area contributed by atoms with Gasteiger partial charge in [0.25, 0.3) is 5.91 Å². The van der Waals surface area contributed by atoms with Crippen molar-refractivity contribution in [2.75, 3.05) is 19.9 Å². The van der Waals surface area contributed by atoms with Crippen LogP contribution in [0.4, 0.5) is 0 Å². The molecule has 1 atom stereocenters. The number of nitrogens with one attached hydrogen (secondary N) is 2. The third kappa shape index (κ3) is 6.12. The molecule has 8 heteroatoms. The molecule has 0 radical (unpaired) electrons. The van der Waals surface area contributed by atoms with Crippen molar-refractivity contribution in [3.05, 3.63) is 51.7 Å². The lowest BCUT2D eigenvalue weighted by Crippen LogP contribution is -2.27. The minimum absolute atomic E-state index is 0.0779. The number of carbonyl (C=O) groups excluding carboxylic acids is 1. The average molecular weight is 397 g/mol. The summed E-state index contributed by atoms with van der Waals surface area (Å²) in [5.74, 6) is 0.653. The molecule has 6 nitrogen and oxygen atoms in total. The molecule has 2 N–H and O–H groups in total. The Hall–Kier alpha value is -1.90. The SMILES string of the molecule is CCC(NC(=O)c1ccc(CCNS(C)(=O)=O)s1)c1ccc(OC)cc1. The van der Waals surface area contributed by atoms with E-state index in [1.807, 2.05) is 37.3 Å². The molecule has 0 bridgehead atoms. The van der Waals surface area contributed by atoms with Crippen LogP contribution in [0.2, 0.25) is 0 Å². The van der Waals surface area contributed by atoms with Crippen molar-refractivity contribution >= 4 is 27.3 Å². The number of amides is 1. The van der Waals surface area contributed by atoms with Crippen LogP contribution >= 0.6 is 11.3 Å². The second-order valence-corrected chi connectivity index (χ2v) is 8.89. The molecular weight excluding hydrogens is 372 g/mol. The van der Waals surface area contributed by atoms with Gasteiger partial charge in [-0.05, 0) is 42.7 Å². The highest BCUT2D eigenvalue weighted by molar-refractivity contribution is 7.88. The number of rotatable bonds is 9. The zero-order valence-corrected chi connectivity index (χ0v) is 16.7. The Balaban J connectivity index is 1.97. The van der Waals surface area contributed by atoms with Gasteiger partial charge in [0.1, 0.15) is 5.75 Å². The molecule has 0 aliphatic rings. The average Bonchev–Trinajstić information content (AvgIpc) is 3.07. The quantitative estimate of drug-likeness (QED) is 0.683. The molecular formula is C18H24N2O4S2.